The van der Waals surface area contributed by atoms with Crippen molar-refractivity contribution >= 4 is 17.3 Å². The normalized spacial score (nSPS) is 11.3. The van der Waals surface area contributed by atoms with Gasteiger partial charge in [-0.25, -0.2) is 4.98 Å². The van der Waals surface area contributed by atoms with Crippen molar-refractivity contribution in [3.8, 4) is 5.75 Å². The molecule has 1 heterocycles. The molecule has 0 fully saturated rings. The van der Waals surface area contributed by atoms with Gasteiger partial charge in [0, 0.05) is 18.3 Å². The molecule has 0 saturated heterocycles. The van der Waals surface area contributed by atoms with Crippen LogP contribution in [0.1, 0.15) is 11.1 Å². The Morgan fingerprint density at radius 3 is 2.59 bits per heavy atom. The van der Waals surface area contributed by atoms with Crippen LogP contribution >= 0.6 is 11.6 Å². The summed E-state index contributed by atoms with van der Waals surface area (Å²) in [7, 11) is 0. The Hall–Kier alpha value is -2.35. The molecule has 22 heavy (non-hydrogen) atoms. The average Bonchev–Trinajstić information content (AvgIpc) is 2.44. The van der Waals surface area contributed by atoms with Crippen LogP contribution in [0.15, 0.2) is 36.5 Å². The molecule has 1 aromatic heterocycles. The summed E-state index contributed by atoms with van der Waals surface area (Å²) in [5.74, 6) is -0.494. The third-order valence-electron chi connectivity index (χ3n) is 2.66. The van der Waals surface area contributed by atoms with Crippen molar-refractivity contribution in [2.75, 3.05) is 0 Å². The lowest BCUT2D eigenvalue weighted by Gasteiger charge is -2.13. The lowest BCUT2D eigenvalue weighted by atomic mass is 10.1. The molecule has 5 nitrogen and oxygen atoms in total. The molecule has 0 unspecified atom stereocenters. The van der Waals surface area contributed by atoms with Crippen molar-refractivity contribution in [3.05, 3.63) is 62.9 Å². The maximum atomic E-state index is 12.9. The molecule has 0 amide bonds. The number of nitro groups is 1. The molecule has 0 aliphatic carbocycles. The van der Waals surface area contributed by atoms with E-state index in [1.165, 1.54) is 18.3 Å². The van der Waals surface area contributed by atoms with Crippen molar-refractivity contribution in [3.63, 3.8) is 0 Å². The minimum Gasteiger partial charge on any atom is -0.488 e. The maximum absolute atomic E-state index is 12.9. The first-order valence-electron chi connectivity index (χ1n) is 5.86. The molecular weight excluding hydrogens is 325 g/mol. The van der Waals surface area contributed by atoms with Gasteiger partial charge < -0.3 is 4.74 Å². The van der Waals surface area contributed by atoms with Gasteiger partial charge in [0.25, 0.3) is 5.69 Å². The molecule has 116 valence electrons. The van der Waals surface area contributed by atoms with Crippen molar-refractivity contribution in [1.82, 2.24) is 4.98 Å². The highest BCUT2D eigenvalue weighted by Crippen LogP contribution is 2.38. The van der Waals surface area contributed by atoms with Gasteiger partial charge in [-0.2, -0.15) is 13.2 Å². The first kappa shape index (κ1) is 16.0. The third-order valence-corrected chi connectivity index (χ3v) is 2.87. The Morgan fingerprint density at radius 1 is 1.27 bits per heavy atom. The van der Waals surface area contributed by atoms with Gasteiger partial charge in [0.2, 0.25) is 0 Å². The second kappa shape index (κ2) is 6.18. The van der Waals surface area contributed by atoms with E-state index in [2.05, 4.69) is 4.98 Å². The average molecular weight is 333 g/mol. The number of halogens is 4. The van der Waals surface area contributed by atoms with E-state index in [0.717, 1.165) is 12.1 Å². The van der Waals surface area contributed by atoms with Gasteiger partial charge in [-0.3, -0.25) is 10.1 Å². The fourth-order valence-corrected chi connectivity index (χ4v) is 1.87. The van der Waals surface area contributed by atoms with Crippen molar-refractivity contribution in [2.45, 2.75) is 12.8 Å². The predicted octanol–water partition coefficient (Wildman–Crippen LogP) is 4.24. The first-order chi connectivity index (χ1) is 10.3. The van der Waals surface area contributed by atoms with Crippen LogP contribution in [0.2, 0.25) is 5.15 Å². The van der Waals surface area contributed by atoms with E-state index in [9.17, 15) is 23.3 Å². The zero-order chi connectivity index (χ0) is 16.3. The minimum absolute atomic E-state index is 0.177. The minimum atomic E-state index is -4.77. The summed E-state index contributed by atoms with van der Waals surface area (Å²) in [6, 6.07) is 5.29. The number of pyridine rings is 1. The topological polar surface area (TPSA) is 65.3 Å². The number of nitrogens with zero attached hydrogens (tertiary/aromatic N) is 2. The SMILES string of the molecule is O=[N+]([O-])c1ccc(OCc2ccnc(Cl)c2)c(C(F)(F)F)c1. The molecule has 0 aliphatic rings. The highest BCUT2D eigenvalue weighted by Gasteiger charge is 2.36. The van der Waals surface area contributed by atoms with Crippen molar-refractivity contribution < 1.29 is 22.8 Å². The standard InChI is InChI=1S/C13H8ClF3N2O3/c14-12-5-8(3-4-18-12)7-22-11-2-1-9(19(20)21)6-10(11)13(15,16)17/h1-6H,7H2. The summed E-state index contributed by atoms with van der Waals surface area (Å²) in [5.41, 5.74) is -1.35. The Kier molecular flexibility index (Phi) is 4.51. The van der Waals surface area contributed by atoms with E-state index in [1.807, 2.05) is 0 Å². The van der Waals surface area contributed by atoms with Crippen LogP contribution in [-0.4, -0.2) is 9.91 Å². The summed E-state index contributed by atoms with van der Waals surface area (Å²) in [5, 5.41) is 10.8. The van der Waals surface area contributed by atoms with Crippen LogP contribution in [0.4, 0.5) is 18.9 Å². The lowest BCUT2D eigenvalue weighted by molar-refractivity contribution is -0.385. The number of alkyl halides is 3. The first-order valence-corrected chi connectivity index (χ1v) is 6.24. The Morgan fingerprint density at radius 2 is 2.00 bits per heavy atom. The largest absolute Gasteiger partial charge is 0.488 e. The van der Waals surface area contributed by atoms with Gasteiger partial charge in [-0.15, -0.1) is 0 Å². The Bertz CT molecular complexity index is 707. The van der Waals surface area contributed by atoms with Crippen LogP contribution < -0.4 is 4.74 Å². The van der Waals surface area contributed by atoms with E-state index >= 15 is 0 Å². The molecule has 1 aromatic carbocycles. The summed E-state index contributed by atoms with van der Waals surface area (Å²) in [4.78, 5) is 13.4. The van der Waals surface area contributed by atoms with E-state index in [4.69, 9.17) is 16.3 Å². The van der Waals surface area contributed by atoms with Crippen LogP contribution in [0, 0.1) is 10.1 Å². The zero-order valence-electron chi connectivity index (χ0n) is 10.8. The number of benzene rings is 1. The van der Waals surface area contributed by atoms with Gasteiger partial charge in [0.1, 0.15) is 23.1 Å². The predicted molar refractivity (Wildman–Crippen MR) is 71.7 cm³/mol. The zero-order valence-corrected chi connectivity index (χ0v) is 11.6. The van der Waals surface area contributed by atoms with Crippen LogP contribution in [0.3, 0.4) is 0 Å². The van der Waals surface area contributed by atoms with Gasteiger partial charge in [0.15, 0.2) is 0 Å². The second-order valence-corrected chi connectivity index (χ2v) is 4.60. The second-order valence-electron chi connectivity index (χ2n) is 4.21. The molecule has 0 atom stereocenters. The van der Waals surface area contributed by atoms with E-state index in [1.54, 1.807) is 0 Å². The highest BCUT2D eigenvalue weighted by atomic mass is 35.5. The Labute approximate surface area is 127 Å². The number of hydrogen-bond donors (Lipinski definition) is 0. The molecule has 0 aliphatic heterocycles. The summed E-state index contributed by atoms with van der Waals surface area (Å²) in [6.45, 7) is -0.177. The third kappa shape index (κ3) is 3.85. The number of ether oxygens (including phenoxy) is 1. The summed E-state index contributed by atoms with van der Waals surface area (Å²) >= 11 is 5.66. The number of rotatable bonds is 4. The van der Waals surface area contributed by atoms with Crippen LogP contribution in [0.25, 0.3) is 0 Å². The fraction of sp³-hybridized carbons (Fsp3) is 0.154. The molecule has 0 N–H and O–H groups in total. The smallest absolute Gasteiger partial charge is 0.420 e. The van der Waals surface area contributed by atoms with Crippen molar-refractivity contribution in [1.29, 1.82) is 0 Å². The molecule has 0 spiro atoms. The molecule has 0 saturated carbocycles. The van der Waals surface area contributed by atoms with Crippen LogP contribution in [0.5, 0.6) is 5.75 Å². The number of aromatic nitrogens is 1. The van der Waals surface area contributed by atoms with Crippen LogP contribution in [-0.2, 0) is 12.8 Å². The molecule has 2 aromatic rings. The quantitative estimate of drug-likeness (QED) is 0.477. The van der Waals surface area contributed by atoms with Crippen molar-refractivity contribution in [2.24, 2.45) is 0 Å². The van der Waals surface area contributed by atoms with Gasteiger partial charge in [-0.05, 0) is 23.8 Å². The molecule has 0 radical (unpaired) electrons. The van der Waals surface area contributed by atoms with E-state index in [0.29, 0.717) is 11.6 Å². The van der Waals surface area contributed by atoms with E-state index in [-0.39, 0.29) is 11.8 Å². The molecule has 0 bridgehead atoms. The fourth-order valence-electron chi connectivity index (χ4n) is 1.67. The number of hydrogen-bond acceptors (Lipinski definition) is 4. The summed E-state index contributed by atoms with van der Waals surface area (Å²) in [6.07, 6.45) is -3.38. The van der Waals surface area contributed by atoms with Gasteiger partial charge >= 0.3 is 6.18 Å². The molecule has 2 rings (SSSR count). The monoisotopic (exact) mass is 332 g/mol. The number of nitro benzene ring substituents is 1. The number of non-ortho nitro benzene ring substituents is 1. The van der Waals surface area contributed by atoms with Gasteiger partial charge in [0.05, 0.1) is 4.92 Å². The van der Waals surface area contributed by atoms with Gasteiger partial charge in [-0.1, -0.05) is 11.6 Å². The summed E-state index contributed by atoms with van der Waals surface area (Å²) < 4.78 is 44.0. The van der Waals surface area contributed by atoms with E-state index < -0.39 is 28.1 Å². The molecule has 9 heteroatoms. The molecular formula is C13H8ClF3N2O3. The maximum Gasteiger partial charge on any atom is 0.420 e. The highest BCUT2D eigenvalue weighted by molar-refractivity contribution is 6.29. The lowest BCUT2D eigenvalue weighted by Crippen LogP contribution is -2.09. The Balaban J connectivity index is 2.28.